The molecule has 2 N–H and O–H groups in total. The molecule has 4 nitrogen and oxygen atoms in total. The molecule has 0 saturated heterocycles. The van der Waals surface area contributed by atoms with Crippen LogP contribution in [-0.4, -0.2) is 13.5 Å². The minimum atomic E-state index is -3.70. The molecule has 0 amide bonds. The zero-order valence-electron chi connectivity index (χ0n) is 11.0. The largest absolute Gasteiger partial charge is 0.389 e. The van der Waals surface area contributed by atoms with Gasteiger partial charge in [-0.2, -0.15) is 0 Å². The van der Waals surface area contributed by atoms with Crippen molar-refractivity contribution >= 4 is 43.2 Å². The van der Waals surface area contributed by atoms with Crippen LogP contribution in [0.25, 0.3) is 0 Å². The fraction of sp³-hybridized carbons (Fsp3) is 0.143. The van der Waals surface area contributed by atoms with E-state index in [2.05, 4.69) is 20.7 Å². The molecule has 2 aromatic carbocycles. The first kappa shape index (κ1) is 16.3. The number of benzene rings is 2. The van der Waals surface area contributed by atoms with Gasteiger partial charge in [0.05, 0.1) is 16.7 Å². The zero-order valence-corrected chi connectivity index (χ0v) is 14.2. The molecule has 112 valence electrons. The van der Waals surface area contributed by atoms with Crippen molar-refractivity contribution in [1.82, 2.24) is 0 Å². The molecule has 2 aromatic rings. The Morgan fingerprint density at radius 1 is 1.19 bits per heavy atom. The SMILES string of the molecule is CC(O)c1ccc(S(=O)(=O)Nc2ccc(Cl)cc2Br)cc1. The first-order valence-corrected chi connectivity index (χ1v) is 8.71. The van der Waals surface area contributed by atoms with Crippen LogP contribution in [0, 0.1) is 0 Å². The first-order valence-electron chi connectivity index (χ1n) is 6.05. The highest BCUT2D eigenvalue weighted by Gasteiger charge is 2.16. The lowest BCUT2D eigenvalue weighted by molar-refractivity contribution is 0.199. The molecule has 0 aromatic heterocycles. The molecule has 21 heavy (non-hydrogen) atoms. The summed E-state index contributed by atoms with van der Waals surface area (Å²) in [7, 11) is -3.70. The number of hydrogen-bond donors (Lipinski definition) is 2. The molecule has 1 atom stereocenters. The fourth-order valence-electron chi connectivity index (χ4n) is 1.70. The van der Waals surface area contributed by atoms with E-state index in [1.54, 1.807) is 37.3 Å². The standard InChI is InChI=1S/C14H13BrClNO3S/c1-9(18)10-2-5-12(6-3-10)21(19,20)17-14-7-4-11(16)8-13(14)15/h2-9,17-18H,1H3. The Morgan fingerprint density at radius 3 is 2.33 bits per heavy atom. The van der Waals surface area contributed by atoms with E-state index in [1.807, 2.05) is 0 Å². The van der Waals surface area contributed by atoms with Gasteiger partial charge in [-0.1, -0.05) is 23.7 Å². The van der Waals surface area contributed by atoms with Gasteiger partial charge in [0, 0.05) is 9.50 Å². The van der Waals surface area contributed by atoms with Gasteiger partial charge in [0.2, 0.25) is 0 Å². The molecule has 0 radical (unpaired) electrons. The Labute approximate surface area is 136 Å². The molecule has 0 fully saturated rings. The molecule has 0 aliphatic carbocycles. The van der Waals surface area contributed by atoms with Gasteiger partial charge in [-0.3, -0.25) is 4.72 Å². The van der Waals surface area contributed by atoms with Gasteiger partial charge in [0.1, 0.15) is 0 Å². The number of nitrogens with one attached hydrogen (secondary N) is 1. The second-order valence-electron chi connectivity index (χ2n) is 4.47. The van der Waals surface area contributed by atoms with Crippen molar-refractivity contribution in [3.05, 3.63) is 57.5 Å². The summed E-state index contributed by atoms with van der Waals surface area (Å²) < 4.78 is 27.6. The lowest BCUT2D eigenvalue weighted by atomic mass is 10.1. The maximum absolute atomic E-state index is 12.3. The Kier molecular flexibility index (Phi) is 4.93. The Bertz CT molecular complexity index is 745. The van der Waals surface area contributed by atoms with Crippen molar-refractivity contribution in [3.8, 4) is 0 Å². The van der Waals surface area contributed by atoms with Crippen molar-refractivity contribution in [2.24, 2.45) is 0 Å². The van der Waals surface area contributed by atoms with Gasteiger partial charge in [-0.05, 0) is 58.7 Å². The average Bonchev–Trinajstić information content (AvgIpc) is 2.42. The Balaban J connectivity index is 2.29. The molecule has 2 rings (SSSR count). The molecule has 1 unspecified atom stereocenters. The van der Waals surface area contributed by atoms with Crippen LogP contribution in [0.4, 0.5) is 5.69 Å². The van der Waals surface area contributed by atoms with Crippen molar-refractivity contribution in [2.75, 3.05) is 4.72 Å². The highest BCUT2D eigenvalue weighted by atomic mass is 79.9. The number of halogens is 2. The third kappa shape index (κ3) is 3.97. The zero-order chi connectivity index (χ0) is 15.6. The van der Waals surface area contributed by atoms with Gasteiger partial charge < -0.3 is 5.11 Å². The highest BCUT2D eigenvalue weighted by Crippen LogP contribution is 2.28. The van der Waals surface area contributed by atoms with E-state index in [4.69, 9.17) is 11.6 Å². The van der Waals surface area contributed by atoms with Crippen molar-refractivity contribution in [2.45, 2.75) is 17.9 Å². The Morgan fingerprint density at radius 2 is 1.81 bits per heavy atom. The summed E-state index contributed by atoms with van der Waals surface area (Å²) >= 11 is 9.08. The van der Waals surface area contributed by atoms with E-state index in [0.29, 0.717) is 20.7 Å². The second kappa shape index (κ2) is 6.36. The summed E-state index contributed by atoms with van der Waals surface area (Å²) in [4.78, 5) is 0.119. The number of sulfonamides is 1. The van der Waals surface area contributed by atoms with Gasteiger partial charge in [-0.25, -0.2) is 8.42 Å². The summed E-state index contributed by atoms with van der Waals surface area (Å²) in [5.41, 5.74) is 1.06. The number of aliphatic hydroxyl groups is 1. The van der Waals surface area contributed by atoms with Crippen LogP contribution in [-0.2, 0) is 10.0 Å². The number of hydrogen-bond acceptors (Lipinski definition) is 3. The van der Waals surface area contributed by atoms with Crippen LogP contribution in [0.1, 0.15) is 18.6 Å². The predicted octanol–water partition coefficient (Wildman–Crippen LogP) is 3.96. The quantitative estimate of drug-likeness (QED) is 0.830. The molecular weight excluding hydrogens is 378 g/mol. The van der Waals surface area contributed by atoms with Crippen LogP contribution < -0.4 is 4.72 Å². The summed E-state index contributed by atoms with van der Waals surface area (Å²) in [6.45, 7) is 1.62. The number of anilines is 1. The van der Waals surface area contributed by atoms with E-state index >= 15 is 0 Å². The fourth-order valence-corrected chi connectivity index (χ4v) is 3.69. The maximum Gasteiger partial charge on any atom is 0.261 e. The van der Waals surface area contributed by atoms with Crippen LogP contribution >= 0.6 is 27.5 Å². The first-order chi connectivity index (χ1) is 9.79. The predicted molar refractivity (Wildman–Crippen MR) is 87.0 cm³/mol. The van der Waals surface area contributed by atoms with Gasteiger partial charge >= 0.3 is 0 Å². The van der Waals surface area contributed by atoms with Gasteiger partial charge in [0.25, 0.3) is 10.0 Å². The summed E-state index contributed by atoms with van der Waals surface area (Å²) in [6.07, 6.45) is -0.639. The van der Waals surface area contributed by atoms with E-state index in [-0.39, 0.29) is 4.90 Å². The van der Waals surface area contributed by atoms with Crippen LogP contribution in [0.2, 0.25) is 5.02 Å². The van der Waals surface area contributed by atoms with Crippen LogP contribution in [0.5, 0.6) is 0 Å². The van der Waals surface area contributed by atoms with E-state index < -0.39 is 16.1 Å². The molecular formula is C14H13BrClNO3S. The molecule has 0 bridgehead atoms. The van der Waals surface area contributed by atoms with Gasteiger partial charge in [-0.15, -0.1) is 0 Å². The molecule has 0 aliphatic heterocycles. The van der Waals surface area contributed by atoms with Crippen molar-refractivity contribution in [1.29, 1.82) is 0 Å². The monoisotopic (exact) mass is 389 g/mol. The van der Waals surface area contributed by atoms with Crippen molar-refractivity contribution in [3.63, 3.8) is 0 Å². The minimum Gasteiger partial charge on any atom is -0.389 e. The summed E-state index contributed by atoms with van der Waals surface area (Å²) in [5, 5.41) is 9.94. The normalized spacial score (nSPS) is 13.0. The van der Waals surface area contributed by atoms with Crippen LogP contribution in [0.3, 0.4) is 0 Å². The third-order valence-corrected chi connectivity index (χ3v) is 5.12. The smallest absolute Gasteiger partial charge is 0.261 e. The maximum atomic E-state index is 12.3. The van der Waals surface area contributed by atoms with E-state index in [9.17, 15) is 13.5 Å². The Hall–Kier alpha value is -1.08. The molecule has 0 heterocycles. The molecule has 0 saturated carbocycles. The lowest BCUT2D eigenvalue weighted by Crippen LogP contribution is -2.13. The topological polar surface area (TPSA) is 66.4 Å². The van der Waals surface area contributed by atoms with E-state index in [1.165, 1.54) is 12.1 Å². The van der Waals surface area contributed by atoms with Crippen LogP contribution in [0.15, 0.2) is 51.8 Å². The summed E-state index contributed by atoms with van der Waals surface area (Å²) in [5.74, 6) is 0. The lowest BCUT2D eigenvalue weighted by Gasteiger charge is -2.11. The van der Waals surface area contributed by atoms with Crippen molar-refractivity contribution < 1.29 is 13.5 Å². The second-order valence-corrected chi connectivity index (χ2v) is 7.45. The summed E-state index contributed by atoms with van der Waals surface area (Å²) in [6, 6.07) is 10.8. The molecule has 0 spiro atoms. The molecule has 7 heteroatoms. The average molecular weight is 391 g/mol. The van der Waals surface area contributed by atoms with Gasteiger partial charge in [0.15, 0.2) is 0 Å². The minimum absolute atomic E-state index is 0.119. The highest BCUT2D eigenvalue weighted by molar-refractivity contribution is 9.10. The molecule has 0 aliphatic rings. The number of rotatable bonds is 4. The van der Waals surface area contributed by atoms with E-state index in [0.717, 1.165) is 0 Å². The number of aliphatic hydroxyl groups excluding tert-OH is 1. The third-order valence-electron chi connectivity index (χ3n) is 2.85.